The van der Waals surface area contributed by atoms with E-state index in [0.29, 0.717) is 5.56 Å². The Bertz CT molecular complexity index is 174. The van der Waals surface area contributed by atoms with E-state index in [-0.39, 0.29) is 40.0 Å². The van der Waals surface area contributed by atoms with Crippen LogP contribution in [0.15, 0.2) is 12.3 Å². The van der Waals surface area contributed by atoms with Crippen molar-refractivity contribution in [1.82, 2.24) is 4.98 Å². The minimum absolute atomic E-state index is 0. The molecule has 1 nitrogen and oxygen atoms in total. The molecule has 0 amide bonds. The number of hydrogen-bond acceptors (Lipinski definition) is 1. The smallest absolute Gasteiger partial charge is 1.00 e. The molecule has 0 radical (unpaired) electrons. The second-order valence-electron chi connectivity index (χ2n) is 1.54. The van der Waals surface area contributed by atoms with Gasteiger partial charge in [0.1, 0.15) is 5.95 Å². The average molecular weight is 214 g/mol. The van der Waals surface area contributed by atoms with Crippen molar-refractivity contribution in [2.45, 2.75) is 6.92 Å². The number of aromatic nitrogens is 1. The zero-order valence-corrected chi connectivity index (χ0v) is 8.57. The summed E-state index contributed by atoms with van der Waals surface area (Å²) in [4.78, 5) is 3.36. The monoisotopic (exact) mass is 213 g/mol. The van der Waals surface area contributed by atoms with E-state index in [2.05, 4.69) is 11.1 Å². The second-order valence-corrected chi connectivity index (χ2v) is 1.54. The first kappa shape index (κ1) is 13.0. The number of hydrogen-bond donors (Lipinski definition) is 0. The Hall–Kier alpha value is 0.326. The van der Waals surface area contributed by atoms with E-state index in [9.17, 15) is 4.39 Å². The van der Waals surface area contributed by atoms with Gasteiger partial charge >= 0.3 is 23.1 Å². The molecule has 50 valence electrons. The van der Waals surface area contributed by atoms with Crippen LogP contribution < -0.4 is 17.0 Å². The summed E-state index contributed by atoms with van der Waals surface area (Å²) in [7, 11) is 0. The molecule has 1 aromatic heterocycles. The molecule has 0 unspecified atom stereocenters. The van der Waals surface area contributed by atoms with Gasteiger partial charge in [0.15, 0.2) is 0 Å². The van der Waals surface area contributed by atoms with Gasteiger partial charge in [0.2, 0.25) is 0 Å². The third-order valence-corrected chi connectivity index (χ3v) is 0.878. The summed E-state index contributed by atoms with van der Waals surface area (Å²) in [6.45, 7) is 1.65. The van der Waals surface area contributed by atoms with Gasteiger partial charge in [-0.15, -0.1) is 12.5 Å². The van der Waals surface area contributed by atoms with E-state index in [4.69, 9.17) is 0 Å². The molecule has 0 bridgehead atoms. The molecular formula is C6H5BrFMgN. The third kappa shape index (κ3) is 3.48. The average Bonchev–Trinajstić information content (AvgIpc) is 1.77. The van der Waals surface area contributed by atoms with E-state index < -0.39 is 5.95 Å². The van der Waals surface area contributed by atoms with Crippen LogP contribution in [0.25, 0.3) is 0 Å². The Morgan fingerprint density at radius 2 is 2.20 bits per heavy atom. The van der Waals surface area contributed by atoms with Crippen LogP contribution >= 0.6 is 0 Å². The second kappa shape index (κ2) is 6.06. The maximum absolute atomic E-state index is 12.2. The number of halogens is 2. The summed E-state index contributed by atoms with van der Waals surface area (Å²) in [5.41, 5.74) is 0.535. The van der Waals surface area contributed by atoms with Gasteiger partial charge in [-0.1, -0.05) is 6.20 Å². The summed E-state index contributed by atoms with van der Waals surface area (Å²) in [5.74, 6) is -0.413. The summed E-state index contributed by atoms with van der Waals surface area (Å²) in [6.07, 6.45) is 1.31. The van der Waals surface area contributed by atoms with Crippen molar-refractivity contribution in [3.05, 3.63) is 29.8 Å². The van der Waals surface area contributed by atoms with Gasteiger partial charge in [0.05, 0.1) is 0 Å². The maximum Gasteiger partial charge on any atom is 2.00 e. The van der Waals surface area contributed by atoms with Crippen LogP contribution in [0.3, 0.4) is 0 Å². The fourth-order valence-corrected chi connectivity index (χ4v) is 0.418. The van der Waals surface area contributed by atoms with Crippen molar-refractivity contribution < 1.29 is 21.4 Å². The summed E-state index contributed by atoms with van der Waals surface area (Å²) < 4.78 is 12.2. The maximum atomic E-state index is 12.2. The predicted molar refractivity (Wildman–Crippen MR) is 33.5 cm³/mol. The molecule has 0 aromatic carbocycles. The van der Waals surface area contributed by atoms with E-state index in [1.807, 2.05) is 0 Å². The summed E-state index contributed by atoms with van der Waals surface area (Å²) in [5, 5.41) is 0. The molecule has 1 rings (SSSR count). The molecule has 0 fully saturated rings. The largest absolute Gasteiger partial charge is 2.00 e. The Morgan fingerprint density at radius 3 is 2.50 bits per heavy atom. The molecule has 0 atom stereocenters. The SMILES string of the molecule is Cc1c[c-]cnc1F.[Br-].[Mg+2]. The van der Waals surface area contributed by atoms with Gasteiger partial charge in [0.25, 0.3) is 0 Å². The zero-order chi connectivity index (χ0) is 5.98. The topological polar surface area (TPSA) is 12.9 Å². The van der Waals surface area contributed by atoms with Crippen LogP contribution in [0.5, 0.6) is 0 Å². The van der Waals surface area contributed by atoms with Crippen LogP contribution in [-0.4, -0.2) is 28.0 Å². The van der Waals surface area contributed by atoms with E-state index >= 15 is 0 Å². The van der Waals surface area contributed by atoms with Gasteiger partial charge in [-0.3, -0.25) is 4.98 Å². The van der Waals surface area contributed by atoms with Crippen LogP contribution in [0.1, 0.15) is 5.56 Å². The van der Waals surface area contributed by atoms with Crippen molar-refractivity contribution in [2.24, 2.45) is 0 Å². The number of rotatable bonds is 0. The fourth-order valence-electron chi connectivity index (χ4n) is 0.418. The fraction of sp³-hybridized carbons (Fsp3) is 0.167. The van der Waals surface area contributed by atoms with Crippen LogP contribution in [0.4, 0.5) is 4.39 Å². The van der Waals surface area contributed by atoms with E-state index in [0.717, 1.165) is 0 Å². The van der Waals surface area contributed by atoms with E-state index in [1.54, 1.807) is 13.0 Å². The molecule has 4 heteroatoms. The first-order valence-corrected chi connectivity index (χ1v) is 2.29. The number of nitrogens with zero attached hydrogens (tertiary/aromatic N) is 1. The molecular weight excluding hydrogens is 209 g/mol. The van der Waals surface area contributed by atoms with Crippen LogP contribution in [0.2, 0.25) is 0 Å². The molecule has 0 spiro atoms. The van der Waals surface area contributed by atoms with Crippen molar-refractivity contribution >= 4 is 23.1 Å². The van der Waals surface area contributed by atoms with Crippen molar-refractivity contribution in [3.63, 3.8) is 0 Å². The Morgan fingerprint density at radius 1 is 1.60 bits per heavy atom. The zero-order valence-electron chi connectivity index (χ0n) is 5.56. The summed E-state index contributed by atoms with van der Waals surface area (Å²) in [6, 6.07) is 4.21. The standard InChI is InChI=1S/C6H5FN.BrH.Mg/c1-5-3-2-4-8-6(5)7;;/h3-4H,1H3;1H;/q-1;;+2/p-1. The van der Waals surface area contributed by atoms with Gasteiger partial charge < -0.3 is 17.0 Å². The molecule has 10 heavy (non-hydrogen) atoms. The normalized spacial score (nSPS) is 7.40. The first-order chi connectivity index (χ1) is 3.80. The minimum atomic E-state index is -0.413. The Labute approximate surface area is 86.0 Å². The first-order valence-electron chi connectivity index (χ1n) is 2.29. The van der Waals surface area contributed by atoms with Gasteiger partial charge in [-0.25, -0.2) is 16.5 Å². The number of pyridine rings is 1. The molecule has 1 heterocycles. The van der Waals surface area contributed by atoms with Crippen molar-refractivity contribution in [1.29, 1.82) is 0 Å². The summed E-state index contributed by atoms with van der Waals surface area (Å²) >= 11 is 0. The molecule has 0 aliphatic carbocycles. The predicted octanol–water partition coefficient (Wildman–Crippen LogP) is -2.05. The molecule has 0 saturated carbocycles. The quantitative estimate of drug-likeness (QED) is 0.275. The molecule has 0 N–H and O–H groups in total. The Balaban J connectivity index is 0. The molecule has 0 aliphatic heterocycles. The minimum Gasteiger partial charge on any atom is -1.00 e. The molecule has 0 saturated heterocycles. The van der Waals surface area contributed by atoms with E-state index in [1.165, 1.54) is 6.20 Å². The van der Waals surface area contributed by atoms with Crippen LogP contribution in [0, 0.1) is 18.9 Å². The van der Waals surface area contributed by atoms with Crippen molar-refractivity contribution in [3.8, 4) is 0 Å². The van der Waals surface area contributed by atoms with Gasteiger partial charge in [-0.05, 0) is 0 Å². The molecule has 0 aliphatic rings. The Kier molecular flexibility index (Phi) is 7.86. The van der Waals surface area contributed by atoms with Gasteiger partial charge in [0, 0.05) is 0 Å². The third-order valence-electron chi connectivity index (χ3n) is 0.878. The number of aryl methyl sites for hydroxylation is 1. The van der Waals surface area contributed by atoms with Gasteiger partial charge in [-0.2, -0.15) is 0 Å². The van der Waals surface area contributed by atoms with Crippen LogP contribution in [-0.2, 0) is 0 Å². The molecule has 1 aromatic rings. The van der Waals surface area contributed by atoms with Crippen molar-refractivity contribution in [2.75, 3.05) is 0 Å².